The van der Waals surface area contributed by atoms with E-state index in [0.717, 1.165) is 10.5 Å². The number of rotatable bonds is 4. The normalized spacial score (nSPS) is 20.1. The number of aliphatic carboxylic acids is 1. The van der Waals surface area contributed by atoms with Crippen molar-refractivity contribution in [2.45, 2.75) is 13.0 Å². The number of ether oxygens (including phenoxy) is 1. The van der Waals surface area contributed by atoms with E-state index in [-0.39, 0.29) is 18.0 Å². The molecule has 0 saturated carbocycles. The molecule has 2 rings (SSSR count). The standard InChI is InChI=1S/C14H16FNO6S/c1-9-2-3-10(15)12(6-9)22-7-13(17)16-4-5-23(20,21)8-11(16)14(18)19/h2-3,6,11H,4-5,7-8H2,1H3,(H,18,19). The zero-order chi connectivity index (χ0) is 17.2. The summed E-state index contributed by atoms with van der Waals surface area (Å²) in [7, 11) is -3.50. The molecular formula is C14H16FNO6S. The van der Waals surface area contributed by atoms with Crippen LogP contribution in [0.2, 0.25) is 0 Å². The zero-order valence-corrected chi connectivity index (χ0v) is 13.2. The van der Waals surface area contributed by atoms with Crippen LogP contribution < -0.4 is 4.74 Å². The fraction of sp³-hybridized carbons (Fsp3) is 0.429. The van der Waals surface area contributed by atoms with Gasteiger partial charge in [0.1, 0.15) is 6.04 Å². The lowest BCUT2D eigenvalue weighted by Gasteiger charge is -2.32. The second kappa shape index (κ2) is 6.53. The summed E-state index contributed by atoms with van der Waals surface area (Å²) in [4.78, 5) is 24.2. The highest BCUT2D eigenvalue weighted by molar-refractivity contribution is 7.91. The fourth-order valence-corrected chi connectivity index (χ4v) is 3.70. The lowest BCUT2D eigenvalue weighted by atomic mass is 10.2. The summed E-state index contributed by atoms with van der Waals surface area (Å²) in [5.41, 5.74) is 0.737. The van der Waals surface area contributed by atoms with Crippen LogP contribution in [0.15, 0.2) is 18.2 Å². The number of sulfone groups is 1. The molecule has 1 aromatic carbocycles. The van der Waals surface area contributed by atoms with E-state index in [2.05, 4.69) is 0 Å². The molecule has 1 aliphatic rings. The predicted octanol–water partition coefficient (Wildman–Crippen LogP) is 0.223. The number of benzene rings is 1. The molecule has 1 N–H and O–H groups in total. The smallest absolute Gasteiger partial charge is 0.327 e. The minimum absolute atomic E-state index is 0.116. The maximum absolute atomic E-state index is 13.5. The van der Waals surface area contributed by atoms with Gasteiger partial charge in [0.25, 0.3) is 5.91 Å². The van der Waals surface area contributed by atoms with Crippen molar-refractivity contribution in [1.82, 2.24) is 4.90 Å². The van der Waals surface area contributed by atoms with E-state index in [1.54, 1.807) is 13.0 Å². The summed E-state index contributed by atoms with van der Waals surface area (Å²) in [6, 6.07) is 2.70. The Bertz CT molecular complexity index is 733. The Kier molecular flexibility index (Phi) is 4.88. The highest BCUT2D eigenvalue weighted by Gasteiger charge is 2.38. The van der Waals surface area contributed by atoms with Crippen molar-refractivity contribution in [1.29, 1.82) is 0 Å². The highest BCUT2D eigenvalue weighted by atomic mass is 32.2. The molecule has 1 fully saturated rings. The van der Waals surface area contributed by atoms with Crippen molar-refractivity contribution >= 4 is 21.7 Å². The third kappa shape index (κ3) is 4.19. The number of aryl methyl sites for hydroxylation is 1. The predicted molar refractivity (Wildman–Crippen MR) is 78.4 cm³/mol. The van der Waals surface area contributed by atoms with Crippen LogP contribution in [0.25, 0.3) is 0 Å². The van der Waals surface area contributed by atoms with Gasteiger partial charge in [-0.05, 0) is 24.6 Å². The fourth-order valence-electron chi connectivity index (χ4n) is 2.25. The number of amides is 1. The second-order valence-corrected chi connectivity index (χ2v) is 7.51. The van der Waals surface area contributed by atoms with Gasteiger partial charge in [0.15, 0.2) is 28.0 Å². The largest absolute Gasteiger partial charge is 0.481 e. The maximum Gasteiger partial charge on any atom is 0.327 e. The van der Waals surface area contributed by atoms with Gasteiger partial charge >= 0.3 is 5.97 Å². The summed E-state index contributed by atoms with van der Waals surface area (Å²) in [5, 5.41) is 9.10. The van der Waals surface area contributed by atoms with Crippen LogP contribution in [0.3, 0.4) is 0 Å². The van der Waals surface area contributed by atoms with Crippen molar-refractivity contribution < 1.29 is 32.2 Å². The van der Waals surface area contributed by atoms with Gasteiger partial charge < -0.3 is 14.7 Å². The van der Waals surface area contributed by atoms with Crippen molar-refractivity contribution in [2.75, 3.05) is 24.7 Å². The number of halogens is 1. The van der Waals surface area contributed by atoms with Gasteiger partial charge in [-0.1, -0.05) is 6.07 Å². The summed E-state index contributed by atoms with van der Waals surface area (Å²) in [5.74, 6) is -3.79. The van der Waals surface area contributed by atoms with Gasteiger partial charge in [-0.2, -0.15) is 0 Å². The molecule has 7 nitrogen and oxygen atoms in total. The highest BCUT2D eigenvalue weighted by Crippen LogP contribution is 2.19. The molecular weight excluding hydrogens is 329 g/mol. The van der Waals surface area contributed by atoms with Crippen LogP contribution in [0.4, 0.5) is 4.39 Å². The third-order valence-electron chi connectivity index (χ3n) is 3.47. The topological polar surface area (TPSA) is 101 Å². The van der Waals surface area contributed by atoms with E-state index in [1.807, 2.05) is 0 Å². The molecule has 0 bridgehead atoms. The minimum Gasteiger partial charge on any atom is -0.481 e. The van der Waals surface area contributed by atoms with Crippen molar-refractivity contribution in [3.8, 4) is 5.75 Å². The van der Waals surface area contributed by atoms with Crippen molar-refractivity contribution in [3.63, 3.8) is 0 Å². The van der Waals surface area contributed by atoms with Crippen LogP contribution in [-0.2, 0) is 19.4 Å². The molecule has 1 aliphatic heterocycles. The minimum atomic E-state index is -3.50. The number of carboxylic acids is 1. The van der Waals surface area contributed by atoms with E-state index in [1.165, 1.54) is 12.1 Å². The Morgan fingerprint density at radius 1 is 1.43 bits per heavy atom. The lowest BCUT2D eigenvalue weighted by molar-refractivity contribution is -0.150. The second-order valence-electron chi connectivity index (χ2n) is 5.28. The van der Waals surface area contributed by atoms with E-state index in [4.69, 9.17) is 9.84 Å². The first-order valence-electron chi connectivity index (χ1n) is 6.81. The first-order chi connectivity index (χ1) is 10.7. The van der Waals surface area contributed by atoms with Crippen molar-refractivity contribution in [3.05, 3.63) is 29.6 Å². The number of carbonyl (C=O) groups excluding carboxylic acids is 1. The molecule has 1 saturated heterocycles. The number of hydrogen-bond donors (Lipinski definition) is 1. The Balaban J connectivity index is 2.07. The SMILES string of the molecule is Cc1ccc(F)c(OCC(=O)N2CCS(=O)(=O)CC2C(=O)O)c1. The van der Waals surface area contributed by atoms with Gasteiger partial charge in [-0.25, -0.2) is 17.6 Å². The number of carboxylic acid groups (broad SMARTS) is 1. The third-order valence-corrected chi connectivity index (χ3v) is 5.10. The molecule has 0 aliphatic carbocycles. The van der Waals surface area contributed by atoms with Gasteiger partial charge in [0, 0.05) is 6.54 Å². The molecule has 126 valence electrons. The van der Waals surface area contributed by atoms with E-state index in [9.17, 15) is 22.4 Å². The molecule has 1 atom stereocenters. The zero-order valence-electron chi connectivity index (χ0n) is 12.4. The first-order valence-corrected chi connectivity index (χ1v) is 8.63. The molecule has 1 unspecified atom stereocenters. The molecule has 0 radical (unpaired) electrons. The van der Waals surface area contributed by atoms with E-state index in [0.29, 0.717) is 0 Å². The van der Waals surface area contributed by atoms with Crippen molar-refractivity contribution in [2.24, 2.45) is 0 Å². The summed E-state index contributed by atoms with van der Waals surface area (Å²) >= 11 is 0. The molecule has 9 heteroatoms. The first kappa shape index (κ1) is 17.2. The summed E-state index contributed by atoms with van der Waals surface area (Å²) in [6.07, 6.45) is 0. The Hall–Kier alpha value is -2.16. The number of carbonyl (C=O) groups is 2. The van der Waals surface area contributed by atoms with Crippen LogP contribution >= 0.6 is 0 Å². The Labute approximate surface area is 132 Å². The van der Waals surface area contributed by atoms with Crippen LogP contribution in [-0.4, -0.2) is 61.0 Å². The van der Waals surface area contributed by atoms with Crippen LogP contribution in [0, 0.1) is 12.7 Å². The van der Waals surface area contributed by atoms with Gasteiger partial charge in [0.2, 0.25) is 0 Å². The Morgan fingerprint density at radius 3 is 2.78 bits per heavy atom. The number of hydrogen-bond acceptors (Lipinski definition) is 5. The Morgan fingerprint density at radius 2 is 2.13 bits per heavy atom. The van der Waals surface area contributed by atoms with Crippen LogP contribution in [0.1, 0.15) is 5.56 Å². The quantitative estimate of drug-likeness (QED) is 0.838. The summed E-state index contributed by atoms with van der Waals surface area (Å²) in [6.45, 7) is 0.937. The molecule has 1 heterocycles. The van der Waals surface area contributed by atoms with Gasteiger partial charge in [-0.3, -0.25) is 4.79 Å². The monoisotopic (exact) mass is 345 g/mol. The van der Waals surface area contributed by atoms with E-state index >= 15 is 0 Å². The maximum atomic E-state index is 13.5. The lowest BCUT2D eigenvalue weighted by Crippen LogP contribution is -2.55. The number of nitrogens with zero attached hydrogens (tertiary/aromatic N) is 1. The average molecular weight is 345 g/mol. The van der Waals surface area contributed by atoms with Gasteiger partial charge in [-0.15, -0.1) is 0 Å². The molecule has 0 aromatic heterocycles. The summed E-state index contributed by atoms with van der Waals surface area (Å²) < 4.78 is 41.7. The molecule has 1 aromatic rings. The molecule has 23 heavy (non-hydrogen) atoms. The van der Waals surface area contributed by atoms with Crippen LogP contribution in [0.5, 0.6) is 5.75 Å². The van der Waals surface area contributed by atoms with Gasteiger partial charge in [0.05, 0.1) is 11.5 Å². The molecule has 1 amide bonds. The molecule has 0 spiro atoms. The van der Waals surface area contributed by atoms with E-state index < -0.39 is 45.9 Å². The average Bonchev–Trinajstić information content (AvgIpc) is 2.47.